The summed E-state index contributed by atoms with van der Waals surface area (Å²) in [4.78, 5) is 22.3. The molecule has 2 rings (SSSR count). The quantitative estimate of drug-likeness (QED) is 0.789. The maximum atomic E-state index is 12.4. The molecule has 0 saturated heterocycles. The van der Waals surface area contributed by atoms with Crippen molar-refractivity contribution in [3.8, 4) is 0 Å². The Morgan fingerprint density at radius 3 is 2.22 bits per heavy atom. The average molecular weight is 274 g/mol. The lowest BCUT2D eigenvalue weighted by Gasteiger charge is -2.14. The fourth-order valence-corrected chi connectivity index (χ4v) is 2.44. The predicted octanol–water partition coefficient (Wildman–Crippen LogP) is 2.25. The van der Waals surface area contributed by atoms with Gasteiger partial charge in [-0.25, -0.2) is 4.21 Å². The first-order chi connectivity index (χ1) is 8.32. The molecule has 0 spiro atoms. The molecule has 1 aliphatic rings. The van der Waals surface area contributed by atoms with E-state index in [2.05, 4.69) is 0 Å². The minimum absolute atomic E-state index is 0.155. The molecule has 0 bridgehead atoms. The topological polar surface area (TPSA) is 51.2 Å². The van der Waals surface area contributed by atoms with Gasteiger partial charge in [0.05, 0.1) is 4.90 Å². The van der Waals surface area contributed by atoms with E-state index < -0.39 is 38.3 Å². The molecule has 1 aromatic rings. The SMILES string of the molecule is O=C1C=CC(=O)c2c1cccc2[S@](=O)C(F)(F)F. The number of carbonyl (C=O) groups is 2. The molecule has 0 heterocycles. The molecule has 0 saturated carbocycles. The summed E-state index contributed by atoms with van der Waals surface area (Å²) in [6.07, 6.45) is 1.85. The lowest BCUT2D eigenvalue weighted by molar-refractivity contribution is -0.0384. The van der Waals surface area contributed by atoms with E-state index in [1.165, 1.54) is 12.1 Å². The summed E-state index contributed by atoms with van der Waals surface area (Å²) < 4.78 is 48.5. The van der Waals surface area contributed by atoms with Crippen LogP contribution in [-0.4, -0.2) is 21.3 Å². The molecule has 0 aromatic heterocycles. The maximum absolute atomic E-state index is 12.4. The van der Waals surface area contributed by atoms with Crippen LogP contribution >= 0.6 is 0 Å². The second-order valence-corrected chi connectivity index (χ2v) is 4.90. The number of allylic oxidation sites excluding steroid dienone is 2. The van der Waals surface area contributed by atoms with Gasteiger partial charge in [0.15, 0.2) is 22.4 Å². The average Bonchev–Trinajstić information content (AvgIpc) is 2.31. The molecule has 0 aliphatic heterocycles. The number of carbonyl (C=O) groups excluding carboxylic acids is 2. The van der Waals surface area contributed by atoms with Crippen molar-refractivity contribution in [2.24, 2.45) is 0 Å². The zero-order chi connectivity index (χ0) is 13.5. The van der Waals surface area contributed by atoms with Crippen LogP contribution < -0.4 is 0 Å². The summed E-state index contributed by atoms with van der Waals surface area (Å²) in [7, 11) is -3.33. The first-order valence-corrected chi connectivity index (χ1v) is 5.85. The number of rotatable bonds is 1. The van der Waals surface area contributed by atoms with Crippen LogP contribution in [0.5, 0.6) is 0 Å². The number of alkyl halides is 3. The van der Waals surface area contributed by atoms with Crippen LogP contribution in [0.1, 0.15) is 20.7 Å². The minimum Gasteiger partial charge on any atom is -0.289 e. The van der Waals surface area contributed by atoms with Crippen LogP contribution in [-0.2, 0) is 10.8 Å². The largest absolute Gasteiger partial charge is 0.475 e. The van der Waals surface area contributed by atoms with Crippen molar-refractivity contribution in [2.45, 2.75) is 10.4 Å². The summed E-state index contributed by atoms with van der Waals surface area (Å²) in [5.74, 6) is -1.33. The summed E-state index contributed by atoms with van der Waals surface area (Å²) in [5, 5.41) is 0. The highest BCUT2D eigenvalue weighted by Gasteiger charge is 2.40. The van der Waals surface area contributed by atoms with Gasteiger partial charge in [-0.15, -0.1) is 0 Å². The third kappa shape index (κ3) is 2.01. The van der Waals surface area contributed by atoms with E-state index in [1.807, 2.05) is 0 Å². The molecule has 1 aromatic carbocycles. The summed E-state index contributed by atoms with van der Waals surface area (Å²) >= 11 is 0. The fourth-order valence-electron chi connectivity index (χ4n) is 1.59. The Labute approximate surface area is 102 Å². The predicted molar refractivity (Wildman–Crippen MR) is 56.7 cm³/mol. The van der Waals surface area contributed by atoms with Crippen LogP contribution in [0.4, 0.5) is 13.2 Å². The van der Waals surface area contributed by atoms with Crippen molar-refractivity contribution in [2.75, 3.05) is 0 Å². The van der Waals surface area contributed by atoms with E-state index in [4.69, 9.17) is 0 Å². The molecule has 0 N–H and O–H groups in total. The number of fused-ring (bicyclic) bond motifs is 1. The lowest BCUT2D eigenvalue weighted by Crippen LogP contribution is -2.21. The number of hydrogen-bond donors (Lipinski definition) is 0. The first-order valence-electron chi connectivity index (χ1n) is 4.70. The van der Waals surface area contributed by atoms with Crippen LogP contribution in [0.15, 0.2) is 35.2 Å². The van der Waals surface area contributed by atoms with Gasteiger partial charge in [0.25, 0.3) is 0 Å². The Bertz CT molecular complexity index is 602. The molecule has 0 amide bonds. The molecule has 0 unspecified atom stereocenters. The van der Waals surface area contributed by atoms with Gasteiger partial charge in [-0.1, -0.05) is 12.1 Å². The summed E-state index contributed by atoms with van der Waals surface area (Å²) in [5.41, 5.74) is -5.56. The van der Waals surface area contributed by atoms with E-state index in [0.717, 1.165) is 18.2 Å². The van der Waals surface area contributed by atoms with Crippen LogP contribution in [0.3, 0.4) is 0 Å². The molecule has 18 heavy (non-hydrogen) atoms. The van der Waals surface area contributed by atoms with Crippen molar-refractivity contribution < 1.29 is 27.0 Å². The van der Waals surface area contributed by atoms with Crippen LogP contribution in [0, 0.1) is 0 Å². The Hall–Kier alpha value is -1.76. The smallest absolute Gasteiger partial charge is 0.289 e. The van der Waals surface area contributed by atoms with Crippen molar-refractivity contribution in [1.82, 2.24) is 0 Å². The van der Waals surface area contributed by atoms with Crippen LogP contribution in [0.2, 0.25) is 0 Å². The highest BCUT2D eigenvalue weighted by molar-refractivity contribution is 7.86. The highest BCUT2D eigenvalue weighted by atomic mass is 32.2. The molecular weight excluding hydrogens is 269 g/mol. The van der Waals surface area contributed by atoms with Gasteiger partial charge in [-0.2, -0.15) is 13.2 Å². The van der Waals surface area contributed by atoms with Gasteiger partial charge in [-0.3, -0.25) is 9.59 Å². The Morgan fingerprint density at radius 1 is 1.00 bits per heavy atom. The van der Waals surface area contributed by atoms with Crippen molar-refractivity contribution in [3.63, 3.8) is 0 Å². The zero-order valence-electron chi connectivity index (χ0n) is 8.65. The molecule has 3 nitrogen and oxygen atoms in total. The fraction of sp³-hybridized carbons (Fsp3) is 0.0909. The Morgan fingerprint density at radius 2 is 1.61 bits per heavy atom. The van der Waals surface area contributed by atoms with E-state index in [-0.39, 0.29) is 5.56 Å². The van der Waals surface area contributed by atoms with Crippen LogP contribution in [0.25, 0.3) is 0 Å². The molecule has 1 aliphatic carbocycles. The number of ketones is 2. The molecule has 94 valence electrons. The highest BCUT2D eigenvalue weighted by Crippen LogP contribution is 2.31. The Balaban J connectivity index is 2.67. The number of hydrogen-bond acceptors (Lipinski definition) is 3. The van der Waals surface area contributed by atoms with Crippen molar-refractivity contribution >= 4 is 22.4 Å². The normalized spacial score (nSPS) is 16.6. The second kappa shape index (κ2) is 4.16. The minimum atomic E-state index is -4.97. The third-order valence-electron chi connectivity index (χ3n) is 2.33. The van der Waals surface area contributed by atoms with E-state index in [9.17, 15) is 27.0 Å². The zero-order valence-corrected chi connectivity index (χ0v) is 9.47. The third-order valence-corrected chi connectivity index (χ3v) is 3.49. The first kappa shape index (κ1) is 12.7. The lowest BCUT2D eigenvalue weighted by atomic mass is 9.95. The Kier molecular flexibility index (Phi) is 2.94. The molecule has 1 atom stereocenters. The summed E-state index contributed by atoms with van der Waals surface area (Å²) in [6, 6.07) is 3.34. The van der Waals surface area contributed by atoms with Gasteiger partial charge in [0.1, 0.15) is 0 Å². The van der Waals surface area contributed by atoms with E-state index in [0.29, 0.717) is 0 Å². The molecule has 0 fully saturated rings. The van der Waals surface area contributed by atoms with Crippen molar-refractivity contribution in [1.29, 1.82) is 0 Å². The maximum Gasteiger partial charge on any atom is 0.475 e. The molecule has 0 radical (unpaired) electrons. The van der Waals surface area contributed by atoms with Crippen molar-refractivity contribution in [3.05, 3.63) is 41.5 Å². The van der Waals surface area contributed by atoms with E-state index in [1.54, 1.807) is 0 Å². The number of halogens is 3. The van der Waals surface area contributed by atoms with Gasteiger partial charge in [0.2, 0.25) is 0 Å². The monoisotopic (exact) mass is 274 g/mol. The number of benzene rings is 1. The van der Waals surface area contributed by atoms with Gasteiger partial charge in [-0.05, 0) is 18.2 Å². The second-order valence-electron chi connectivity index (χ2n) is 3.46. The standard InChI is InChI=1S/C11H5F3O3S/c12-11(13,14)18(17)9-3-1-2-6-7(15)4-5-8(16)10(6)9/h1-5H/t18-/m0/s1. The van der Waals surface area contributed by atoms with Gasteiger partial charge in [0, 0.05) is 11.1 Å². The summed E-state index contributed by atoms with van der Waals surface area (Å²) in [6.45, 7) is 0. The van der Waals surface area contributed by atoms with Gasteiger partial charge < -0.3 is 0 Å². The molecular formula is C11H5F3O3S. The molecule has 7 heteroatoms. The van der Waals surface area contributed by atoms with Gasteiger partial charge >= 0.3 is 5.51 Å². The van der Waals surface area contributed by atoms with E-state index >= 15 is 0 Å².